The smallest absolute Gasteiger partial charge is 0.336 e. The molecular weight excluding hydrogens is 437 g/mol. The highest BCUT2D eigenvalue weighted by Gasteiger charge is 2.23. The molecule has 4 aromatic rings. The third-order valence-corrected chi connectivity index (χ3v) is 5.75. The third kappa shape index (κ3) is 3.71. The maximum Gasteiger partial charge on any atom is 0.336 e. The molecule has 2 heterocycles. The Labute approximate surface area is 188 Å². The predicted molar refractivity (Wildman–Crippen MR) is 123 cm³/mol. The Hall–Kier alpha value is -3.15. The Morgan fingerprint density at radius 2 is 1.71 bits per heavy atom. The summed E-state index contributed by atoms with van der Waals surface area (Å²) in [5.74, 6) is 1.43. The number of fused-ring (bicyclic) bond motifs is 3. The first-order valence-corrected chi connectivity index (χ1v) is 10.4. The molecule has 0 atom stereocenters. The normalized spacial score (nSPS) is 13.1. The monoisotopic (exact) mass is 453 g/mol. The number of nitrogens with zero attached hydrogens (tertiary/aromatic N) is 1. The van der Waals surface area contributed by atoms with Gasteiger partial charge in [-0.05, 0) is 53.6 Å². The second-order valence-corrected chi connectivity index (χ2v) is 8.10. The van der Waals surface area contributed by atoms with Gasteiger partial charge in [0, 0.05) is 27.2 Å². The van der Waals surface area contributed by atoms with Gasteiger partial charge in [-0.15, -0.1) is 0 Å². The zero-order valence-corrected chi connectivity index (χ0v) is 18.0. The molecule has 7 heteroatoms. The lowest BCUT2D eigenvalue weighted by atomic mass is 9.99. The van der Waals surface area contributed by atoms with E-state index in [9.17, 15) is 4.79 Å². The molecule has 0 saturated heterocycles. The average Bonchev–Trinajstić information content (AvgIpc) is 2.77. The lowest BCUT2D eigenvalue weighted by Crippen LogP contribution is -2.32. The molecule has 0 saturated carbocycles. The summed E-state index contributed by atoms with van der Waals surface area (Å²) in [6.45, 7) is 0.815. The fourth-order valence-corrected chi connectivity index (χ4v) is 4.34. The molecule has 0 amide bonds. The van der Waals surface area contributed by atoms with Gasteiger partial charge in [-0.2, -0.15) is 0 Å². The van der Waals surface area contributed by atoms with E-state index in [0.29, 0.717) is 34.7 Å². The molecule has 0 aliphatic carbocycles. The van der Waals surface area contributed by atoms with Crippen LogP contribution < -0.4 is 20.0 Å². The molecule has 0 spiro atoms. The van der Waals surface area contributed by atoms with Gasteiger partial charge in [-0.25, -0.2) is 4.79 Å². The first-order valence-electron chi connectivity index (χ1n) is 9.60. The summed E-state index contributed by atoms with van der Waals surface area (Å²) in [7, 11) is 1.62. The quantitative estimate of drug-likeness (QED) is 0.349. The average molecular weight is 454 g/mol. The van der Waals surface area contributed by atoms with Gasteiger partial charge in [-0.3, -0.25) is 0 Å². The van der Waals surface area contributed by atoms with Crippen LogP contribution in [0.2, 0.25) is 10.0 Å². The lowest BCUT2D eigenvalue weighted by Gasteiger charge is -2.31. The summed E-state index contributed by atoms with van der Waals surface area (Å²) in [6.07, 6.45) is 0. The summed E-state index contributed by atoms with van der Waals surface area (Å²) >= 11 is 12.3. The van der Waals surface area contributed by atoms with Crippen LogP contribution in [-0.2, 0) is 6.54 Å². The number of anilines is 1. The fraction of sp³-hybridized carbons (Fsp3) is 0.125. The number of ether oxygens (including phenoxy) is 2. The molecule has 1 aromatic heterocycles. The molecule has 156 valence electrons. The van der Waals surface area contributed by atoms with Crippen LogP contribution in [0.5, 0.6) is 11.5 Å². The summed E-state index contributed by atoms with van der Waals surface area (Å²) < 4.78 is 16.9. The van der Waals surface area contributed by atoms with Crippen molar-refractivity contribution < 1.29 is 13.9 Å². The SMILES string of the molecule is COc1ccc(-c2cc(=O)oc3c4c(ccc23)OCN(c2cc(Cl)cc(Cl)c2)C4)cc1. The van der Waals surface area contributed by atoms with Crippen LogP contribution in [0.15, 0.2) is 69.9 Å². The zero-order valence-electron chi connectivity index (χ0n) is 16.5. The van der Waals surface area contributed by atoms with Gasteiger partial charge < -0.3 is 18.8 Å². The van der Waals surface area contributed by atoms with Crippen LogP contribution in [0.3, 0.4) is 0 Å². The minimum Gasteiger partial charge on any atom is -0.497 e. The van der Waals surface area contributed by atoms with E-state index in [1.807, 2.05) is 53.4 Å². The van der Waals surface area contributed by atoms with Crippen molar-refractivity contribution in [2.75, 3.05) is 18.7 Å². The zero-order chi connectivity index (χ0) is 21.5. The highest BCUT2D eigenvalue weighted by atomic mass is 35.5. The number of halogens is 2. The van der Waals surface area contributed by atoms with Gasteiger partial charge >= 0.3 is 5.63 Å². The molecule has 5 nitrogen and oxygen atoms in total. The standard InChI is InChI=1S/C24H17Cl2NO4/c1-29-18-4-2-14(3-5-18)20-11-23(28)31-24-19(20)6-7-22-21(24)12-27(13-30-22)17-9-15(25)8-16(26)10-17/h2-11H,12-13H2,1H3. The molecule has 5 rings (SSSR count). The summed E-state index contributed by atoms with van der Waals surface area (Å²) in [4.78, 5) is 14.4. The van der Waals surface area contributed by atoms with E-state index in [1.54, 1.807) is 13.2 Å². The van der Waals surface area contributed by atoms with Crippen molar-refractivity contribution in [3.8, 4) is 22.6 Å². The van der Waals surface area contributed by atoms with E-state index in [-0.39, 0.29) is 0 Å². The molecule has 1 aliphatic heterocycles. The largest absolute Gasteiger partial charge is 0.497 e. The summed E-state index contributed by atoms with van der Waals surface area (Å²) in [6, 6.07) is 18.2. The van der Waals surface area contributed by atoms with Gasteiger partial charge in [0.25, 0.3) is 0 Å². The summed E-state index contributed by atoms with van der Waals surface area (Å²) in [5, 5.41) is 1.91. The molecule has 3 aromatic carbocycles. The van der Waals surface area contributed by atoms with E-state index in [2.05, 4.69) is 0 Å². The minimum absolute atomic E-state index is 0.331. The topological polar surface area (TPSA) is 51.9 Å². The van der Waals surface area contributed by atoms with Gasteiger partial charge in [0.2, 0.25) is 0 Å². The van der Waals surface area contributed by atoms with Crippen LogP contribution in [0, 0.1) is 0 Å². The highest BCUT2D eigenvalue weighted by molar-refractivity contribution is 6.35. The number of benzene rings is 3. The Kier molecular flexibility index (Phi) is 5.00. The van der Waals surface area contributed by atoms with E-state index < -0.39 is 5.63 Å². The maximum atomic E-state index is 12.4. The van der Waals surface area contributed by atoms with Crippen molar-refractivity contribution in [2.45, 2.75) is 6.54 Å². The predicted octanol–water partition coefficient (Wildman–Crippen LogP) is 6.13. The Balaban J connectivity index is 1.63. The van der Waals surface area contributed by atoms with Gasteiger partial charge in [-0.1, -0.05) is 35.3 Å². The highest BCUT2D eigenvalue weighted by Crippen LogP contribution is 2.38. The number of rotatable bonds is 3. The van der Waals surface area contributed by atoms with Crippen molar-refractivity contribution in [3.05, 3.63) is 86.7 Å². The Morgan fingerprint density at radius 1 is 0.968 bits per heavy atom. The second-order valence-electron chi connectivity index (χ2n) is 7.23. The fourth-order valence-electron chi connectivity index (χ4n) is 3.83. The van der Waals surface area contributed by atoms with Crippen molar-refractivity contribution >= 4 is 39.9 Å². The third-order valence-electron chi connectivity index (χ3n) is 5.31. The van der Waals surface area contributed by atoms with E-state index in [4.69, 9.17) is 37.1 Å². The molecule has 0 N–H and O–H groups in total. The van der Waals surface area contributed by atoms with Crippen molar-refractivity contribution in [3.63, 3.8) is 0 Å². The van der Waals surface area contributed by atoms with Crippen LogP contribution in [0.25, 0.3) is 22.1 Å². The van der Waals surface area contributed by atoms with Crippen LogP contribution in [-0.4, -0.2) is 13.8 Å². The lowest BCUT2D eigenvalue weighted by molar-refractivity contribution is 0.289. The number of methoxy groups -OCH3 is 1. The Morgan fingerprint density at radius 3 is 2.42 bits per heavy atom. The van der Waals surface area contributed by atoms with E-state index in [1.165, 1.54) is 6.07 Å². The maximum absolute atomic E-state index is 12.4. The van der Waals surface area contributed by atoms with E-state index >= 15 is 0 Å². The van der Waals surface area contributed by atoms with Gasteiger partial charge in [0.05, 0.1) is 19.2 Å². The van der Waals surface area contributed by atoms with Crippen molar-refractivity contribution in [1.29, 1.82) is 0 Å². The number of hydrogen-bond donors (Lipinski definition) is 0. The van der Waals surface area contributed by atoms with Crippen LogP contribution in [0.1, 0.15) is 5.56 Å². The van der Waals surface area contributed by atoms with Crippen LogP contribution in [0.4, 0.5) is 5.69 Å². The Bertz CT molecular complexity index is 1330. The van der Waals surface area contributed by atoms with Crippen LogP contribution >= 0.6 is 23.2 Å². The molecule has 31 heavy (non-hydrogen) atoms. The molecule has 1 aliphatic rings. The van der Waals surface area contributed by atoms with Crippen molar-refractivity contribution in [2.24, 2.45) is 0 Å². The van der Waals surface area contributed by atoms with Gasteiger partial charge in [0.15, 0.2) is 6.73 Å². The molecule has 0 bridgehead atoms. The number of hydrogen-bond acceptors (Lipinski definition) is 5. The first kappa shape index (κ1) is 19.8. The second kappa shape index (κ2) is 7.84. The van der Waals surface area contributed by atoms with Gasteiger partial charge in [0.1, 0.15) is 17.1 Å². The molecule has 0 fully saturated rings. The minimum atomic E-state index is -0.422. The van der Waals surface area contributed by atoms with Crippen molar-refractivity contribution in [1.82, 2.24) is 0 Å². The summed E-state index contributed by atoms with van der Waals surface area (Å²) in [5.41, 5.74) is 3.40. The molecule has 0 radical (unpaired) electrons. The first-order chi connectivity index (χ1) is 15.0. The molecule has 0 unspecified atom stereocenters. The molecular formula is C24H17Cl2NO4. The van der Waals surface area contributed by atoms with E-state index in [0.717, 1.165) is 33.5 Å².